The zero-order chi connectivity index (χ0) is 12.8. The number of fused-ring (bicyclic) bond motifs is 1. The predicted octanol–water partition coefficient (Wildman–Crippen LogP) is 0.945. The SMILES string of the molecule is NCC1(NS(=O)(=O)c2ccc3c(c2)CCC3)CC1. The van der Waals surface area contributed by atoms with Crippen molar-refractivity contribution in [2.45, 2.75) is 42.5 Å². The second-order valence-electron chi connectivity index (χ2n) is 5.37. The molecular formula is C13H18N2O2S. The maximum absolute atomic E-state index is 12.3. The Kier molecular flexibility index (Phi) is 2.73. The zero-order valence-corrected chi connectivity index (χ0v) is 11.1. The molecule has 0 radical (unpaired) electrons. The second kappa shape index (κ2) is 4.05. The maximum Gasteiger partial charge on any atom is 0.241 e. The van der Waals surface area contributed by atoms with E-state index in [-0.39, 0.29) is 5.54 Å². The number of benzene rings is 1. The molecule has 0 amide bonds. The summed E-state index contributed by atoms with van der Waals surface area (Å²) in [5.74, 6) is 0. The van der Waals surface area contributed by atoms with Crippen LogP contribution in [0.25, 0.3) is 0 Å². The van der Waals surface area contributed by atoms with E-state index in [1.807, 2.05) is 12.1 Å². The van der Waals surface area contributed by atoms with Gasteiger partial charge in [-0.3, -0.25) is 0 Å². The van der Waals surface area contributed by atoms with Crippen LogP contribution in [0.5, 0.6) is 0 Å². The average molecular weight is 266 g/mol. The Morgan fingerprint density at radius 3 is 2.61 bits per heavy atom. The van der Waals surface area contributed by atoms with Crippen molar-refractivity contribution in [1.29, 1.82) is 0 Å². The molecule has 2 aliphatic carbocycles. The van der Waals surface area contributed by atoms with E-state index in [9.17, 15) is 8.42 Å². The molecule has 0 bridgehead atoms. The van der Waals surface area contributed by atoms with Crippen LogP contribution in [0.15, 0.2) is 23.1 Å². The number of nitrogens with one attached hydrogen (secondary N) is 1. The predicted molar refractivity (Wildman–Crippen MR) is 69.8 cm³/mol. The smallest absolute Gasteiger partial charge is 0.241 e. The minimum absolute atomic E-state index is 0.372. The van der Waals surface area contributed by atoms with Gasteiger partial charge in [0.1, 0.15) is 0 Å². The minimum Gasteiger partial charge on any atom is -0.329 e. The van der Waals surface area contributed by atoms with Gasteiger partial charge in [-0.1, -0.05) is 6.07 Å². The van der Waals surface area contributed by atoms with Gasteiger partial charge in [-0.25, -0.2) is 13.1 Å². The molecule has 4 nitrogen and oxygen atoms in total. The molecule has 18 heavy (non-hydrogen) atoms. The molecule has 0 atom stereocenters. The molecule has 1 aromatic carbocycles. The van der Waals surface area contributed by atoms with E-state index >= 15 is 0 Å². The molecule has 98 valence electrons. The first kappa shape index (κ1) is 12.1. The number of hydrogen-bond acceptors (Lipinski definition) is 3. The number of aryl methyl sites for hydroxylation is 2. The third-order valence-electron chi connectivity index (χ3n) is 3.98. The highest BCUT2D eigenvalue weighted by atomic mass is 32.2. The van der Waals surface area contributed by atoms with E-state index in [0.717, 1.165) is 32.1 Å². The molecule has 1 fully saturated rings. The molecule has 0 saturated heterocycles. The summed E-state index contributed by atoms with van der Waals surface area (Å²) in [5, 5.41) is 0. The van der Waals surface area contributed by atoms with Crippen molar-refractivity contribution in [3.63, 3.8) is 0 Å². The van der Waals surface area contributed by atoms with Crippen molar-refractivity contribution >= 4 is 10.0 Å². The molecule has 0 aromatic heterocycles. The van der Waals surface area contributed by atoms with Crippen molar-refractivity contribution < 1.29 is 8.42 Å². The summed E-state index contributed by atoms with van der Waals surface area (Å²) >= 11 is 0. The molecule has 1 aromatic rings. The van der Waals surface area contributed by atoms with E-state index in [1.54, 1.807) is 6.07 Å². The lowest BCUT2D eigenvalue weighted by molar-refractivity contribution is 0.545. The van der Waals surface area contributed by atoms with Crippen LogP contribution in [-0.4, -0.2) is 20.5 Å². The Labute approximate surface area is 108 Å². The molecule has 1 saturated carbocycles. The summed E-state index contributed by atoms with van der Waals surface area (Å²) in [7, 11) is -3.42. The monoisotopic (exact) mass is 266 g/mol. The van der Waals surface area contributed by atoms with E-state index in [0.29, 0.717) is 11.4 Å². The molecule has 2 aliphatic rings. The van der Waals surface area contributed by atoms with Crippen molar-refractivity contribution in [3.8, 4) is 0 Å². The second-order valence-corrected chi connectivity index (χ2v) is 7.06. The number of sulfonamides is 1. The standard InChI is InChI=1S/C13H18N2O2S/c14-9-13(6-7-13)15-18(16,17)12-5-4-10-2-1-3-11(10)8-12/h4-5,8,15H,1-3,6-7,9,14H2. The lowest BCUT2D eigenvalue weighted by Gasteiger charge is -2.15. The Morgan fingerprint density at radius 2 is 1.94 bits per heavy atom. The third-order valence-corrected chi connectivity index (χ3v) is 5.55. The summed E-state index contributed by atoms with van der Waals surface area (Å²) < 4.78 is 27.3. The van der Waals surface area contributed by atoms with Gasteiger partial charge < -0.3 is 5.73 Å². The summed E-state index contributed by atoms with van der Waals surface area (Å²) in [6.45, 7) is 0.372. The highest BCUT2D eigenvalue weighted by Gasteiger charge is 2.44. The minimum atomic E-state index is -3.42. The van der Waals surface area contributed by atoms with Crippen molar-refractivity contribution in [2.75, 3.05) is 6.54 Å². The van der Waals surface area contributed by atoms with E-state index in [2.05, 4.69) is 4.72 Å². The molecule has 3 rings (SSSR count). The van der Waals surface area contributed by atoms with Crippen LogP contribution in [-0.2, 0) is 22.9 Å². The summed E-state index contributed by atoms with van der Waals surface area (Å²) in [6.07, 6.45) is 4.86. The lowest BCUT2D eigenvalue weighted by Crippen LogP contribution is -2.42. The molecule has 0 spiro atoms. The summed E-state index contributed by atoms with van der Waals surface area (Å²) in [4.78, 5) is 0.378. The van der Waals surface area contributed by atoms with E-state index in [4.69, 9.17) is 5.73 Å². The molecule has 5 heteroatoms. The summed E-state index contributed by atoms with van der Waals surface area (Å²) in [5.41, 5.74) is 7.70. The molecule has 0 aliphatic heterocycles. The fraction of sp³-hybridized carbons (Fsp3) is 0.538. The van der Waals surface area contributed by atoms with Crippen LogP contribution in [0, 0.1) is 0 Å². The molecule has 3 N–H and O–H groups in total. The fourth-order valence-corrected chi connectivity index (χ4v) is 4.08. The Bertz CT molecular complexity index is 577. The molecule has 0 heterocycles. The average Bonchev–Trinajstić information content (AvgIpc) is 2.95. The van der Waals surface area contributed by atoms with Gasteiger partial charge in [0.05, 0.1) is 4.90 Å². The largest absolute Gasteiger partial charge is 0.329 e. The van der Waals surface area contributed by atoms with Crippen molar-refractivity contribution in [2.24, 2.45) is 5.73 Å². The topological polar surface area (TPSA) is 72.2 Å². The van der Waals surface area contributed by atoms with Gasteiger partial charge >= 0.3 is 0 Å². The number of nitrogens with two attached hydrogens (primary N) is 1. The van der Waals surface area contributed by atoms with Gasteiger partial charge in [0.15, 0.2) is 0 Å². The van der Waals surface area contributed by atoms with Crippen LogP contribution in [0.1, 0.15) is 30.4 Å². The first-order valence-corrected chi connectivity index (χ1v) is 7.89. The van der Waals surface area contributed by atoms with Crippen molar-refractivity contribution in [1.82, 2.24) is 4.72 Å². The third kappa shape index (κ3) is 2.06. The Hall–Kier alpha value is -0.910. The van der Waals surface area contributed by atoms with E-state index in [1.165, 1.54) is 11.1 Å². The maximum atomic E-state index is 12.3. The lowest BCUT2D eigenvalue weighted by atomic mass is 10.1. The summed E-state index contributed by atoms with van der Waals surface area (Å²) in [6, 6.07) is 5.47. The van der Waals surface area contributed by atoms with Crippen LogP contribution < -0.4 is 10.5 Å². The molecular weight excluding hydrogens is 248 g/mol. The normalized spacial score (nSPS) is 20.7. The van der Waals surface area contributed by atoms with Gasteiger partial charge in [0.2, 0.25) is 10.0 Å². The van der Waals surface area contributed by atoms with Gasteiger partial charge in [0.25, 0.3) is 0 Å². The van der Waals surface area contributed by atoms with Gasteiger partial charge in [-0.15, -0.1) is 0 Å². The van der Waals surface area contributed by atoms with Gasteiger partial charge in [0, 0.05) is 12.1 Å². The van der Waals surface area contributed by atoms with Crippen LogP contribution in [0.3, 0.4) is 0 Å². The van der Waals surface area contributed by atoms with Gasteiger partial charge in [-0.05, 0) is 55.4 Å². The number of rotatable bonds is 4. The first-order chi connectivity index (χ1) is 8.55. The van der Waals surface area contributed by atoms with Crippen LogP contribution in [0.4, 0.5) is 0 Å². The van der Waals surface area contributed by atoms with Crippen molar-refractivity contribution in [3.05, 3.63) is 29.3 Å². The number of hydrogen-bond donors (Lipinski definition) is 2. The fourth-order valence-electron chi connectivity index (χ4n) is 2.56. The van der Waals surface area contributed by atoms with E-state index < -0.39 is 10.0 Å². The highest BCUT2D eigenvalue weighted by Crippen LogP contribution is 2.36. The molecule has 0 unspecified atom stereocenters. The Morgan fingerprint density at radius 1 is 1.22 bits per heavy atom. The first-order valence-electron chi connectivity index (χ1n) is 6.41. The zero-order valence-electron chi connectivity index (χ0n) is 10.3. The highest BCUT2D eigenvalue weighted by molar-refractivity contribution is 7.89. The van der Waals surface area contributed by atoms with Crippen LogP contribution >= 0.6 is 0 Å². The quantitative estimate of drug-likeness (QED) is 0.852. The van der Waals surface area contributed by atoms with Gasteiger partial charge in [-0.2, -0.15) is 0 Å². The Balaban J connectivity index is 1.89. The van der Waals surface area contributed by atoms with Crippen LogP contribution in [0.2, 0.25) is 0 Å².